The first kappa shape index (κ1) is 16.2. The summed E-state index contributed by atoms with van der Waals surface area (Å²) in [5, 5.41) is 0. The highest BCUT2D eigenvalue weighted by molar-refractivity contribution is 6.10. The minimum absolute atomic E-state index is 0.224. The highest BCUT2D eigenvalue weighted by Gasteiger charge is 2.40. The molecule has 0 amide bonds. The molecule has 1 aliphatic carbocycles. The second-order valence-electron chi connectivity index (χ2n) is 6.00. The highest BCUT2D eigenvalue weighted by Crippen LogP contribution is 2.40. The average molecular weight is 324 g/mol. The summed E-state index contributed by atoms with van der Waals surface area (Å²) < 4.78 is 10.6. The van der Waals surface area contributed by atoms with Crippen molar-refractivity contribution in [3.8, 4) is 0 Å². The molecule has 4 heteroatoms. The summed E-state index contributed by atoms with van der Waals surface area (Å²) in [6.45, 7) is 4.01. The minimum atomic E-state index is -0.800. The number of esters is 1. The van der Waals surface area contributed by atoms with Crippen LogP contribution in [-0.4, -0.2) is 18.4 Å². The van der Waals surface area contributed by atoms with Gasteiger partial charge in [0.1, 0.15) is 11.7 Å². The highest BCUT2D eigenvalue weighted by atomic mass is 16.5. The number of carbonyl (C=O) groups excluding carboxylic acids is 2. The molecule has 1 aromatic heterocycles. The van der Waals surface area contributed by atoms with Crippen molar-refractivity contribution >= 4 is 17.3 Å². The molecule has 0 saturated carbocycles. The van der Waals surface area contributed by atoms with Crippen molar-refractivity contribution in [3.63, 3.8) is 0 Å². The van der Waals surface area contributed by atoms with Crippen molar-refractivity contribution < 1.29 is 18.7 Å². The summed E-state index contributed by atoms with van der Waals surface area (Å²) >= 11 is 0. The maximum absolute atomic E-state index is 12.7. The first-order valence-corrected chi connectivity index (χ1v) is 8.11. The number of ketones is 1. The molecule has 0 radical (unpaired) electrons. The number of aryl methyl sites for hydroxylation is 1. The zero-order valence-electron chi connectivity index (χ0n) is 13.8. The normalized spacial score (nSPS) is 20.6. The smallest absolute Gasteiger partial charge is 0.317 e. The molecule has 3 rings (SSSR count). The van der Waals surface area contributed by atoms with Gasteiger partial charge in [-0.15, -0.1) is 0 Å². The Morgan fingerprint density at radius 2 is 2.12 bits per heavy atom. The number of hydrogen-bond donors (Lipinski definition) is 0. The molecule has 1 aromatic carbocycles. The van der Waals surface area contributed by atoms with Gasteiger partial charge in [-0.3, -0.25) is 9.59 Å². The Bertz CT molecular complexity index is 771. The molecule has 1 aliphatic rings. The van der Waals surface area contributed by atoms with Gasteiger partial charge in [-0.05, 0) is 49.6 Å². The van der Waals surface area contributed by atoms with Crippen molar-refractivity contribution in [1.29, 1.82) is 0 Å². The van der Waals surface area contributed by atoms with Gasteiger partial charge in [-0.25, -0.2) is 0 Å². The number of furan rings is 1. The lowest BCUT2D eigenvalue weighted by atomic mass is 9.74. The summed E-state index contributed by atoms with van der Waals surface area (Å²) in [5.41, 5.74) is 2.88. The van der Waals surface area contributed by atoms with Gasteiger partial charge in [0.05, 0.1) is 12.9 Å². The van der Waals surface area contributed by atoms with E-state index in [1.54, 1.807) is 19.3 Å². The van der Waals surface area contributed by atoms with Gasteiger partial charge in [-0.1, -0.05) is 29.8 Å². The maximum atomic E-state index is 12.7. The van der Waals surface area contributed by atoms with Crippen LogP contribution in [0, 0.1) is 12.8 Å². The van der Waals surface area contributed by atoms with E-state index in [2.05, 4.69) is 0 Å². The summed E-state index contributed by atoms with van der Waals surface area (Å²) in [5.74, 6) is -1.06. The number of allylic oxidation sites excluding steroid dienone is 2. The summed E-state index contributed by atoms with van der Waals surface area (Å²) in [6.07, 6.45) is 3.67. The van der Waals surface area contributed by atoms with E-state index < -0.39 is 11.9 Å². The molecule has 0 N–H and O–H groups in total. The van der Waals surface area contributed by atoms with Crippen LogP contribution in [0.2, 0.25) is 0 Å². The molecule has 2 aromatic rings. The predicted octanol–water partition coefficient (Wildman–Crippen LogP) is 3.91. The van der Waals surface area contributed by atoms with E-state index in [1.807, 2.05) is 37.3 Å². The lowest BCUT2D eigenvalue weighted by Crippen LogP contribution is -2.34. The number of ether oxygens (including phenoxy) is 1. The van der Waals surface area contributed by atoms with E-state index in [1.165, 1.54) is 6.08 Å². The molecule has 0 aliphatic heterocycles. The van der Waals surface area contributed by atoms with E-state index in [-0.39, 0.29) is 18.3 Å². The average Bonchev–Trinajstić information content (AvgIpc) is 3.08. The molecule has 0 saturated heterocycles. The third-order valence-corrected chi connectivity index (χ3v) is 4.31. The Morgan fingerprint density at radius 1 is 1.29 bits per heavy atom. The van der Waals surface area contributed by atoms with E-state index in [9.17, 15) is 9.59 Å². The van der Waals surface area contributed by atoms with Crippen LogP contribution in [0.25, 0.3) is 5.57 Å². The largest absolute Gasteiger partial charge is 0.465 e. The van der Waals surface area contributed by atoms with Gasteiger partial charge in [0.2, 0.25) is 0 Å². The van der Waals surface area contributed by atoms with E-state index in [4.69, 9.17) is 9.15 Å². The molecule has 2 atom stereocenters. The molecule has 1 heterocycles. The Kier molecular flexibility index (Phi) is 4.65. The van der Waals surface area contributed by atoms with Crippen LogP contribution in [0.1, 0.15) is 36.1 Å². The van der Waals surface area contributed by atoms with Gasteiger partial charge in [-0.2, -0.15) is 0 Å². The van der Waals surface area contributed by atoms with Crippen LogP contribution in [0.15, 0.2) is 53.2 Å². The molecule has 0 spiro atoms. The second kappa shape index (κ2) is 6.87. The van der Waals surface area contributed by atoms with Crippen molar-refractivity contribution in [2.45, 2.75) is 26.2 Å². The molecule has 4 nitrogen and oxygen atoms in total. The Morgan fingerprint density at radius 3 is 2.79 bits per heavy atom. The Labute approximate surface area is 141 Å². The van der Waals surface area contributed by atoms with E-state index in [0.717, 1.165) is 16.7 Å². The number of benzene rings is 1. The monoisotopic (exact) mass is 324 g/mol. The summed E-state index contributed by atoms with van der Waals surface area (Å²) in [7, 11) is 0. The van der Waals surface area contributed by atoms with E-state index in [0.29, 0.717) is 12.2 Å². The molecule has 0 bridgehead atoms. The van der Waals surface area contributed by atoms with E-state index >= 15 is 0 Å². The van der Waals surface area contributed by atoms with Gasteiger partial charge >= 0.3 is 5.97 Å². The first-order chi connectivity index (χ1) is 11.6. The quantitative estimate of drug-likeness (QED) is 0.632. The number of hydrogen-bond acceptors (Lipinski definition) is 4. The van der Waals surface area contributed by atoms with Crippen molar-refractivity contribution in [2.75, 3.05) is 6.61 Å². The fraction of sp³-hybridized carbons (Fsp3) is 0.300. The molecular formula is C20H20O4. The van der Waals surface area contributed by atoms with Gasteiger partial charge in [0, 0.05) is 5.92 Å². The first-order valence-electron chi connectivity index (χ1n) is 8.11. The molecular weight excluding hydrogens is 304 g/mol. The third-order valence-electron chi connectivity index (χ3n) is 4.31. The molecule has 24 heavy (non-hydrogen) atoms. The standard InChI is InChI=1S/C20H20O4/c1-3-23-20(22)19-16(14-7-4-6-13(2)10-14)11-15(12-17(19)21)18-8-5-9-24-18/h4-10,12,16,19H,3,11H2,1-2H3/t16-,19+/m1/s1. The van der Waals surface area contributed by atoms with Gasteiger partial charge < -0.3 is 9.15 Å². The topological polar surface area (TPSA) is 56.5 Å². The van der Waals surface area contributed by atoms with Crippen LogP contribution < -0.4 is 0 Å². The van der Waals surface area contributed by atoms with Crippen LogP contribution in [0.5, 0.6) is 0 Å². The maximum Gasteiger partial charge on any atom is 0.317 e. The van der Waals surface area contributed by atoms with Crippen LogP contribution in [-0.2, 0) is 14.3 Å². The second-order valence-corrected chi connectivity index (χ2v) is 6.00. The summed E-state index contributed by atoms with van der Waals surface area (Å²) in [6, 6.07) is 11.5. The fourth-order valence-corrected chi connectivity index (χ4v) is 3.23. The lowest BCUT2D eigenvalue weighted by molar-refractivity contribution is -0.151. The summed E-state index contributed by atoms with van der Waals surface area (Å²) in [4.78, 5) is 25.0. The van der Waals surface area contributed by atoms with Crippen molar-refractivity contribution in [3.05, 3.63) is 65.6 Å². The predicted molar refractivity (Wildman–Crippen MR) is 90.4 cm³/mol. The zero-order chi connectivity index (χ0) is 17.1. The number of carbonyl (C=O) groups is 2. The Balaban J connectivity index is 2.02. The van der Waals surface area contributed by atoms with Crippen molar-refractivity contribution in [2.24, 2.45) is 5.92 Å². The minimum Gasteiger partial charge on any atom is -0.465 e. The zero-order valence-corrected chi connectivity index (χ0v) is 13.8. The van der Waals surface area contributed by atoms with Gasteiger partial charge in [0.15, 0.2) is 5.78 Å². The lowest BCUT2D eigenvalue weighted by Gasteiger charge is -2.29. The SMILES string of the molecule is CCOC(=O)[C@@H]1C(=O)C=C(c2ccco2)C[C@@H]1c1cccc(C)c1. The third kappa shape index (κ3) is 3.18. The van der Waals surface area contributed by atoms with Crippen molar-refractivity contribution in [1.82, 2.24) is 0 Å². The van der Waals surface area contributed by atoms with Crippen LogP contribution in [0.4, 0.5) is 0 Å². The van der Waals surface area contributed by atoms with Crippen LogP contribution in [0.3, 0.4) is 0 Å². The van der Waals surface area contributed by atoms with Crippen LogP contribution >= 0.6 is 0 Å². The molecule has 0 fully saturated rings. The molecule has 0 unspecified atom stereocenters. The number of rotatable bonds is 4. The Hall–Kier alpha value is -2.62. The molecule has 124 valence electrons. The van der Waals surface area contributed by atoms with Gasteiger partial charge in [0.25, 0.3) is 0 Å². The fourth-order valence-electron chi connectivity index (χ4n) is 3.23.